The highest BCUT2D eigenvalue weighted by Crippen LogP contribution is 2.33. The van der Waals surface area contributed by atoms with Crippen molar-refractivity contribution in [1.29, 1.82) is 0 Å². The summed E-state index contributed by atoms with van der Waals surface area (Å²) in [6, 6.07) is 20.5. The highest BCUT2D eigenvalue weighted by molar-refractivity contribution is 7.93. The molecule has 0 aliphatic rings. The number of aromatic amines is 1. The summed E-state index contributed by atoms with van der Waals surface area (Å²) >= 11 is 6.27. The molecule has 0 aliphatic carbocycles. The maximum Gasteiger partial charge on any atom is 0.0771 e. The van der Waals surface area contributed by atoms with Crippen LogP contribution in [0, 0.1) is 0 Å². The summed E-state index contributed by atoms with van der Waals surface area (Å²) in [5, 5.41) is 12.9. The van der Waals surface area contributed by atoms with Crippen LogP contribution in [0.1, 0.15) is 0 Å². The highest BCUT2D eigenvalue weighted by atomic mass is 35.5. The van der Waals surface area contributed by atoms with Crippen LogP contribution in [0.15, 0.2) is 88.4 Å². The van der Waals surface area contributed by atoms with Gasteiger partial charge in [0.15, 0.2) is 0 Å². The number of fused-ring (bicyclic) bond motifs is 2. The van der Waals surface area contributed by atoms with Crippen LogP contribution in [0.25, 0.3) is 21.8 Å². The van der Waals surface area contributed by atoms with E-state index in [1.165, 1.54) is 0 Å². The molecule has 0 radical (unpaired) electrons. The van der Waals surface area contributed by atoms with Gasteiger partial charge in [-0.15, -0.1) is 0 Å². The molecule has 8 heteroatoms. The molecule has 0 unspecified atom stereocenters. The van der Waals surface area contributed by atoms with E-state index in [0.29, 0.717) is 15.6 Å². The maximum atomic E-state index is 13.2. The Kier molecular flexibility index (Phi) is 4.84. The lowest BCUT2D eigenvalue weighted by molar-refractivity contribution is 0.681. The average molecular weight is 448 g/mol. The minimum atomic E-state index is -2.58. The van der Waals surface area contributed by atoms with E-state index in [4.69, 9.17) is 11.6 Å². The van der Waals surface area contributed by atoms with Crippen LogP contribution in [0.4, 0.5) is 17.1 Å². The molecule has 2 aromatic heterocycles. The molecule has 0 spiro atoms. The van der Waals surface area contributed by atoms with Crippen LogP contribution in [0.2, 0.25) is 5.02 Å². The molecule has 0 bridgehead atoms. The molecule has 5 rings (SSSR count). The van der Waals surface area contributed by atoms with Gasteiger partial charge in [0.05, 0.1) is 38.3 Å². The molecule has 31 heavy (non-hydrogen) atoms. The lowest BCUT2D eigenvalue weighted by atomic mass is 10.1. The van der Waals surface area contributed by atoms with Crippen LogP contribution in [-0.2, 0) is 9.73 Å². The fourth-order valence-electron chi connectivity index (χ4n) is 3.49. The van der Waals surface area contributed by atoms with Gasteiger partial charge in [0.2, 0.25) is 0 Å². The van der Waals surface area contributed by atoms with E-state index in [2.05, 4.69) is 24.9 Å². The van der Waals surface area contributed by atoms with Gasteiger partial charge >= 0.3 is 0 Å². The number of benzene rings is 3. The summed E-state index contributed by atoms with van der Waals surface area (Å²) in [6.45, 7) is 0. The van der Waals surface area contributed by atoms with Gasteiger partial charge in [-0.1, -0.05) is 29.8 Å². The predicted octanol–water partition coefficient (Wildman–Crippen LogP) is 6.30. The molecule has 0 amide bonds. The van der Waals surface area contributed by atoms with E-state index in [1.54, 1.807) is 18.6 Å². The first-order valence-electron chi connectivity index (χ1n) is 9.55. The van der Waals surface area contributed by atoms with Gasteiger partial charge in [0, 0.05) is 38.8 Å². The second kappa shape index (κ2) is 7.68. The van der Waals surface area contributed by atoms with Gasteiger partial charge in [-0.2, -0.15) is 9.46 Å². The zero-order valence-electron chi connectivity index (χ0n) is 16.5. The van der Waals surface area contributed by atoms with Crippen molar-refractivity contribution in [3.05, 3.63) is 84.1 Å². The molecule has 0 fully saturated rings. The number of rotatable bonds is 4. The van der Waals surface area contributed by atoms with Crippen molar-refractivity contribution in [3.8, 4) is 0 Å². The number of hydrogen-bond donors (Lipinski definition) is 2. The molecule has 1 atom stereocenters. The van der Waals surface area contributed by atoms with E-state index < -0.39 is 9.73 Å². The second-order valence-electron chi connectivity index (χ2n) is 7.18. The van der Waals surface area contributed by atoms with Crippen molar-refractivity contribution in [1.82, 2.24) is 15.2 Å². The van der Waals surface area contributed by atoms with Crippen molar-refractivity contribution < 1.29 is 4.21 Å². The smallest absolute Gasteiger partial charge is 0.0771 e. The van der Waals surface area contributed by atoms with Crippen molar-refractivity contribution in [3.63, 3.8) is 0 Å². The molecular weight excluding hydrogens is 430 g/mol. The van der Waals surface area contributed by atoms with E-state index in [9.17, 15) is 4.21 Å². The third-order valence-electron chi connectivity index (χ3n) is 4.98. The predicted molar refractivity (Wildman–Crippen MR) is 127 cm³/mol. The molecular formula is C23H18ClN5OS. The molecule has 6 nitrogen and oxygen atoms in total. The number of halogens is 1. The molecule has 0 saturated heterocycles. The largest absolute Gasteiger partial charge is 0.354 e. The van der Waals surface area contributed by atoms with Crippen molar-refractivity contribution in [2.45, 2.75) is 4.90 Å². The van der Waals surface area contributed by atoms with Crippen LogP contribution >= 0.6 is 11.6 Å². The Balaban J connectivity index is 1.61. The van der Waals surface area contributed by atoms with Crippen LogP contribution in [0.5, 0.6) is 0 Å². The molecule has 0 saturated carbocycles. The summed E-state index contributed by atoms with van der Waals surface area (Å²) in [5.74, 6) is 0. The van der Waals surface area contributed by atoms with Gasteiger partial charge in [0.25, 0.3) is 0 Å². The Morgan fingerprint density at radius 1 is 1.00 bits per heavy atom. The third kappa shape index (κ3) is 3.85. The van der Waals surface area contributed by atoms with Gasteiger partial charge in [-0.05, 0) is 48.5 Å². The molecule has 2 heterocycles. The molecule has 3 aromatic carbocycles. The van der Waals surface area contributed by atoms with E-state index >= 15 is 0 Å². The Hall–Kier alpha value is -3.42. The molecule has 154 valence electrons. The summed E-state index contributed by atoms with van der Waals surface area (Å²) in [6.07, 6.45) is 5.15. The summed E-state index contributed by atoms with van der Waals surface area (Å²) in [5.41, 5.74) is 3.94. The molecule has 5 aromatic rings. The first-order chi connectivity index (χ1) is 15.0. The minimum Gasteiger partial charge on any atom is -0.354 e. The van der Waals surface area contributed by atoms with E-state index in [-0.39, 0.29) is 0 Å². The van der Waals surface area contributed by atoms with Gasteiger partial charge in [-0.25, -0.2) is 4.21 Å². The standard InChI is InChI=1S/C23H18ClN5OS/c1-31(30,17-5-3-2-4-6-17)29-16-7-8-20-18(13-16)21(9-10-25-20)27-22-11-15(24)12-23-19(22)14-26-28-23/h2-14H,1H3,(H,25,27)(H,26,28)/t31-/m1/s1. The molecule has 0 aliphatic heterocycles. The maximum absolute atomic E-state index is 13.2. The SMILES string of the molecule is C[S@](=O)(=Nc1ccc2nccc(Nc3cc(Cl)cc4[nH]ncc34)c2c1)c1ccccc1. The number of anilines is 2. The van der Waals surface area contributed by atoms with Crippen LogP contribution in [-0.4, -0.2) is 25.6 Å². The summed E-state index contributed by atoms with van der Waals surface area (Å²) in [4.78, 5) is 5.15. The number of hydrogen-bond acceptors (Lipinski definition) is 5. The first kappa shape index (κ1) is 19.5. The highest BCUT2D eigenvalue weighted by Gasteiger charge is 2.10. The number of pyridine rings is 1. The van der Waals surface area contributed by atoms with Crippen molar-refractivity contribution in [2.24, 2.45) is 4.36 Å². The minimum absolute atomic E-state index is 0.599. The number of nitrogens with zero attached hydrogens (tertiary/aromatic N) is 3. The van der Waals surface area contributed by atoms with Gasteiger partial charge in [0.1, 0.15) is 0 Å². The number of aromatic nitrogens is 3. The normalized spacial score (nSPS) is 13.2. The quantitative estimate of drug-likeness (QED) is 0.338. The van der Waals surface area contributed by atoms with Gasteiger partial charge in [-0.3, -0.25) is 10.1 Å². The monoisotopic (exact) mass is 447 g/mol. The lowest BCUT2D eigenvalue weighted by Crippen LogP contribution is -1.96. The Morgan fingerprint density at radius 2 is 1.84 bits per heavy atom. The average Bonchev–Trinajstić information content (AvgIpc) is 3.23. The molecule has 2 N–H and O–H groups in total. The lowest BCUT2D eigenvalue weighted by Gasteiger charge is -2.12. The van der Waals surface area contributed by atoms with E-state index in [0.717, 1.165) is 33.2 Å². The number of nitrogens with one attached hydrogen (secondary N) is 2. The second-order valence-corrected chi connectivity index (χ2v) is 9.87. The van der Waals surface area contributed by atoms with Crippen molar-refractivity contribution in [2.75, 3.05) is 11.6 Å². The summed E-state index contributed by atoms with van der Waals surface area (Å²) in [7, 11) is -2.58. The van der Waals surface area contributed by atoms with Gasteiger partial charge < -0.3 is 5.32 Å². The Labute approximate surface area is 184 Å². The number of H-pyrrole nitrogens is 1. The van der Waals surface area contributed by atoms with Crippen molar-refractivity contribution >= 4 is 60.2 Å². The Bertz CT molecular complexity index is 1540. The zero-order chi connectivity index (χ0) is 21.4. The topological polar surface area (TPSA) is 83.0 Å². The van der Waals surface area contributed by atoms with E-state index in [1.807, 2.05) is 66.7 Å². The van der Waals surface area contributed by atoms with Crippen LogP contribution in [0.3, 0.4) is 0 Å². The van der Waals surface area contributed by atoms with Crippen LogP contribution < -0.4 is 5.32 Å². The Morgan fingerprint density at radius 3 is 2.68 bits per heavy atom. The summed E-state index contributed by atoms with van der Waals surface area (Å²) < 4.78 is 17.8. The third-order valence-corrected chi connectivity index (χ3v) is 6.90. The fourth-order valence-corrected chi connectivity index (χ4v) is 4.99. The fraction of sp³-hybridized carbons (Fsp3) is 0.0435. The zero-order valence-corrected chi connectivity index (χ0v) is 18.1. The first-order valence-corrected chi connectivity index (χ1v) is 11.9.